The van der Waals surface area contributed by atoms with E-state index in [4.69, 9.17) is 5.73 Å². The van der Waals surface area contributed by atoms with Crippen LogP contribution in [-0.4, -0.2) is 28.2 Å². The zero-order valence-corrected chi connectivity index (χ0v) is 9.76. The number of carbonyl (C=O) groups is 2. The average Bonchev–Trinajstić information content (AvgIpc) is 2.67. The Kier molecular flexibility index (Phi) is 2.41. The third-order valence-corrected chi connectivity index (χ3v) is 2.91. The fraction of sp³-hybridized carbons (Fsp3) is 0.167. The summed E-state index contributed by atoms with van der Waals surface area (Å²) >= 11 is 0. The maximum absolute atomic E-state index is 13.9. The van der Waals surface area contributed by atoms with Gasteiger partial charge in [0.2, 0.25) is 11.9 Å². The van der Waals surface area contributed by atoms with Crippen molar-refractivity contribution in [2.75, 3.05) is 17.2 Å². The molecule has 1 amide bonds. The molecule has 0 saturated carbocycles. The maximum Gasteiger partial charge on any atom is 0.236 e. The van der Waals surface area contributed by atoms with Crippen LogP contribution in [0.1, 0.15) is 6.42 Å². The normalized spacial score (nSPS) is 15.5. The van der Waals surface area contributed by atoms with Gasteiger partial charge in [0.15, 0.2) is 11.6 Å². The highest BCUT2D eigenvalue weighted by atomic mass is 19.1. The van der Waals surface area contributed by atoms with Gasteiger partial charge in [0, 0.05) is 0 Å². The number of hydrogen-bond donors (Lipinski definition) is 1. The Morgan fingerprint density at radius 2 is 2.05 bits per heavy atom. The van der Waals surface area contributed by atoms with Crippen molar-refractivity contribution in [3.63, 3.8) is 0 Å². The average molecular weight is 260 g/mol. The lowest BCUT2D eigenvalue weighted by molar-refractivity contribution is -0.121. The van der Waals surface area contributed by atoms with Crippen LogP contribution in [0.2, 0.25) is 0 Å². The summed E-state index contributed by atoms with van der Waals surface area (Å²) in [4.78, 5) is 32.0. The van der Waals surface area contributed by atoms with Gasteiger partial charge in [-0.3, -0.25) is 14.5 Å². The van der Waals surface area contributed by atoms with Crippen LogP contribution >= 0.6 is 0 Å². The Bertz CT molecular complexity index is 716. The zero-order valence-electron chi connectivity index (χ0n) is 9.76. The molecule has 0 aliphatic carbocycles. The van der Waals surface area contributed by atoms with E-state index in [-0.39, 0.29) is 35.9 Å². The maximum atomic E-state index is 13.9. The molecular weight excluding hydrogens is 251 g/mol. The summed E-state index contributed by atoms with van der Waals surface area (Å²) in [5.41, 5.74) is 5.86. The number of hydrogen-bond acceptors (Lipinski definition) is 5. The lowest BCUT2D eigenvalue weighted by Crippen LogP contribution is -2.26. The minimum atomic E-state index is -0.556. The minimum Gasteiger partial charge on any atom is -0.368 e. The molecule has 0 unspecified atom stereocenters. The van der Waals surface area contributed by atoms with E-state index in [2.05, 4.69) is 9.97 Å². The van der Waals surface area contributed by atoms with E-state index in [0.717, 1.165) is 4.90 Å². The Labute approximate surface area is 107 Å². The molecular formula is C12H9FN4O2. The number of nitrogens with zero attached hydrogens (tertiary/aromatic N) is 3. The molecule has 1 aromatic heterocycles. The first-order valence-electron chi connectivity index (χ1n) is 5.60. The molecule has 96 valence electrons. The highest BCUT2D eigenvalue weighted by Crippen LogP contribution is 2.29. The molecule has 0 radical (unpaired) electrons. The van der Waals surface area contributed by atoms with Gasteiger partial charge in [-0.1, -0.05) is 6.07 Å². The van der Waals surface area contributed by atoms with Crippen molar-refractivity contribution in [1.82, 2.24) is 9.97 Å². The Morgan fingerprint density at radius 3 is 2.74 bits per heavy atom. The monoisotopic (exact) mass is 260 g/mol. The van der Waals surface area contributed by atoms with Crippen molar-refractivity contribution >= 4 is 34.4 Å². The Morgan fingerprint density at radius 1 is 1.26 bits per heavy atom. The van der Waals surface area contributed by atoms with Crippen LogP contribution in [-0.2, 0) is 9.59 Å². The predicted molar refractivity (Wildman–Crippen MR) is 65.9 cm³/mol. The topological polar surface area (TPSA) is 89.2 Å². The zero-order chi connectivity index (χ0) is 13.6. The first-order valence-corrected chi connectivity index (χ1v) is 5.60. The molecule has 3 rings (SSSR count). The smallest absolute Gasteiger partial charge is 0.236 e. The number of anilines is 2. The third kappa shape index (κ3) is 1.79. The number of amides is 1. The van der Waals surface area contributed by atoms with Crippen LogP contribution in [0, 0.1) is 5.82 Å². The summed E-state index contributed by atoms with van der Waals surface area (Å²) < 4.78 is 13.9. The first-order chi connectivity index (χ1) is 9.06. The van der Waals surface area contributed by atoms with E-state index < -0.39 is 11.7 Å². The van der Waals surface area contributed by atoms with Gasteiger partial charge in [-0.2, -0.15) is 4.98 Å². The molecule has 19 heavy (non-hydrogen) atoms. The number of nitrogen functional groups attached to an aromatic ring is 1. The van der Waals surface area contributed by atoms with Crippen LogP contribution in [0.5, 0.6) is 0 Å². The molecule has 2 N–H and O–H groups in total. The molecule has 1 aliphatic rings. The van der Waals surface area contributed by atoms with Crippen molar-refractivity contribution in [2.24, 2.45) is 0 Å². The quantitative estimate of drug-likeness (QED) is 0.761. The summed E-state index contributed by atoms with van der Waals surface area (Å²) in [7, 11) is 0. The van der Waals surface area contributed by atoms with Gasteiger partial charge < -0.3 is 5.73 Å². The SMILES string of the molecule is Nc1nc(N2CC(=O)CC2=O)c2c(F)cccc2n1. The van der Waals surface area contributed by atoms with Crippen LogP contribution in [0.15, 0.2) is 18.2 Å². The lowest BCUT2D eigenvalue weighted by atomic mass is 10.2. The van der Waals surface area contributed by atoms with E-state index in [1.807, 2.05) is 0 Å². The molecule has 1 saturated heterocycles. The van der Waals surface area contributed by atoms with E-state index in [1.165, 1.54) is 12.1 Å². The van der Waals surface area contributed by atoms with E-state index in [1.54, 1.807) is 6.07 Å². The summed E-state index contributed by atoms with van der Waals surface area (Å²) in [5, 5.41) is 0.0970. The number of ketones is 1. The van der Waals surface area contributed by atoms with Crippen molar-refractivity contribution in [3.05, 3.63) is 24.0 Å². The highest BCUT2D eigenvalue weighted by Gasteiger charge is 2.31. The number of halogens is 1. The summed E-state index contributed by atoms with van der Waals surface area (Å²) in [6.07, 6.45) is -0.195. The second-order valence-corrected chi connectivity index (χ2v) is 4.23. The molecule has 0 bridgehead atoms. The number of aromatic nitrogens is 2. The van der Waals surface area contributed by atoms with Gasteiger partial charge in [0.25, 0.3) is 0 Å². The van der Waals surface area contributed by atoms with E-state index in [0.29, 0.717) is 5.52 Å². The molecule has 1 fully saturated rings. The van der Waals surface area contributed by atoms with Gasteiger partial charge in [-0.25, -0.2) is 9.37 Å². The van der Waals surface area contributed by atoms with Crippen molar-refractivity contribution in [2.45, 2.75) is 6.42 Å². The van der Waals surface area contributed by atoms with E-state index >= 15 is 0 Å². The number of nitrogens with two attached hydrogens (primary N) is 1. The van der Waals surface area contributed by atoms with Crippen LogP contribution in [0.25, 0.3) is 10.9 Å². The molecule has 1 aliphatic heterocycles. The Hall–Kier alpha value is -2.57. The second kappa shape index (κ2) is 3.98. The predicted octanol–water partition coefficient (Wildman–Crippen LogP) is 0.657. The Balaban J connectivity index is 2.28. The number of fused-ring (bicyclic) bond motifs is 1. The van der Waals surface area contributed by atoms with Crippen molar-refractivity contribution in [3.8, 4) is 0 Å². The highest BCUT2D eigenvalue weighted by molar-refractivity contribution is 6.17. The largest absolute Gasteiger partial charge is 0.368 e. The van der Waals surface area contributed by atoms with E-state index in [9.17, 15) is 14.0 Å². The fourth-order valence-corrected chi connectivity index (χ4v) is 2.11. The second-order valence-electron chi connectivity index (χ2n) is 4.23. The number of benzene rings is 1. The molecule has 1 aromatic carbocycles. The summed E-state index contributed by atoms with van der Waals surface area (Å²) in [6, 6.07) is 4.31. The van der Waals surface area contributed by atoms with Crippen molar-refractivity contribution < 1.29 is 14.0 Å². The number of Topliss-reactive ketones (excluding diaryl/α,β-unsaturated/α-hetero) is 1. The first kappa shape index (κ1) is 11.5. The standard InChI is InChI=1S/C12H9FN4O2/c13-7-2-1-3-8-10(7)11(16-12(14)15-8)17-5-6(18)4-9(17)19/h1-3H,4-5H2,(H2,14,15,16). The van der Waals surface area contributed by atoms with Gasteiger partial charge in [-0.15, -0.1) is 0 Å². The van der Waals surface area contributed by atoms with Gasteiger partial charge in [0.1, 0.15) is 5.82 Å². The third-order valence-electron chi connectivity index (χ3n) is 2.91. The fourth-order valence-electron chi connectivity index (χ4n) is 2.11. The molecule has 7 heteroatoms. The summed E-state index contributed by atoms with van der Waals surface area (Å²) in [5.74, 6) is -1.21. The van der Waals surface area contributed by atoms with Crippen LogP contribution in [0.3, 0.4) is 0 Å². The van der Waals surface area contributed by atoms with Gasteiger partial charge >= 0.3 is 0 Å². The van der Waals surface area contributed by atoms with Crippen LogP contribution in [0.4, 0.5) is 16.2 Å². The molecule has 0 atom stereocenters. The lowest BCUT2D eigenvalue weighted by Gasteiger charge is -2.16. The van der Waals surface area contributed by atoms with Gasteiger partial charge in [-0.05, 0) is 12.1 Å². The molecule has 6 nitrogen and oxygen atoms in total. The van der Waals surface area contributed by atoms with Crippen molar-refractivity contribution in [1.29, 1.82) is 0 Å². The number of rotatable bonds is 1. The molecule has 2 heterocycles. The van der Waals surface area contributed by atoms with Gasteiger partial charge in [0.05, 0.1) is 23.9 Å². The molecule has 0 spiro atoms. The molecule has 2 aromatic rings. The number of carbonyl (C=O) groups excluding carboxylic acids is 2. The van der Waals surface area contributed by atoms with Crippen LogP contribution < -0.4 is 10.6 Å². The summed E-state index contributed by atoms with van der Waals surface area (Å²) in [6.45, 7) is -0.112. The minimum absolute atomic E-state index is 0.0523.